The molecular weight excluding hydrogens is 304 g/mol. The summed E-state index contributed by atoms with van der Waals surface area (Å²) < 4.78 is 51.5. The van der Waals surface area contributed by atoms with Crippen molar-refractivity contribution in [2.45, 2.75) is 31.6 Å². The van der Waals surface area contributed by atoms with Gasteiger partial charge in [0.2, 0.25) is 11.8 Å². The molecule has 0 spiro atoms. The van der Waals surface area contributed by atoms with Gasteiger partial charge in [-0.1, -0.05) is 6.07 Å². The number of hydrogen-bond acceptors (Lipinski definition) is 2. The predicted octanol–water partition coefficient (Wildman–Crippen LogP) is 2.08. The van der Waals surface area contributed by atoms with Gasteiger partial charge in [-0.3, -0.25) is 9.59 Å². The summed E-state index contributed by atoms with van der Waals surface area (Å²) >= 11 is 0. The van der Waals surface area contributed by atoms with Crippen molar-refractivity contribution in [1.29, 1.82) is 0 Å². The number of rotatable bonds is 3. The molecule has 1 atom stereocenters. The zero-order chi connectivity index (χ0) is 16.5. The van der Waals surface area contributed by atoms with Crippen LogP contribution < -0.4 is 5.32 Å². The molecule has 1 aliphatic rings. The van der Waals surface area contributed by atoms with Crippen LogP contribution in [0.15, 0.2) is 18.2 Å². The van der Waals surface area contributed by atoms with Gasteiger partial charge < -0.3 is 10.2 Å². The number of nitrogens with zero attached hydrogens (tertiary/aromatic N) is 1. The largest absolute Gasteiger partial charge is 0.416 e. The van der Waals surface area contributed by atoms with E-state index < -0.39 is 29.5 Å². The first-order valence-corrected chi connectivity index (χ1v) is 6.59. The van der Waals surface area contributed by atoms with Crippen molar-refractivity contribution in [2.24, 2.45) is 0 Å². The highest BCUT2D eigenvalue weighted by Crippen LogP contribution is 2.32. The van der Waals surface area contributed by atoms with Gasteiger partial charge in [-0.2, -0.15) is 13.2 Å². The third-order valence-electron chi connectivity index (χ3n) is 3.63. The lowest BCUT2D eigenvalue weighted by atomic mass is 10.1. The Morgan fingerprint density at radius 3 is 2.64 bits per heavy atom. The van der Waals surface area contributed by atoms with Crippen molar-refractivity contribution in [3.05, 3.63) is 35.1 Å². The predicted molar refractivity (Wildman–Crippen MR) is 69.0 cm³/mol. The molecule has 2 rings (SSSR count). The average molecular weight is 318 g/mol. The Balaban J connectivity index is 2.09. The third kappa shape index (κ3) is 3.37. The molecule has 1 heterocycles. The molecule has 0 aliphatic carbocycles. The van der Waals surface area contributed by atoms with E-state index >= 15 is 0 Å². The lowest BCUT2D eigenvalue weighted by Gasteiger charge is -2.20. The van der Waals surface area contributed by atoms with E-state index in [2.05, 4.69) is 5.32 Å². The quantitative estimate of drug-likeness (QED) is 0.868. The SMILES string of the molecule is CN1C(=O)CC[C@@H]1C(=O)NCc1ccc(F)cc1C(F)(F)F. The number of likely N-dealkylation sites (N-methyl/N-ethyl adjacent to an activating group) is 1. The van der Waals surface area contributed by atoms with E-state index in [1.807, 2.05) is 0 Å². The van der Waals surface area contributed by atoms with Crippen molar-refractivity contribution in [2.75, 3.05) is 7.05 Å². The summed E-state index contributed by atoms with van der Waals surface area (Å²) in [6, 6.07) is 1.61. The van der Waals surface area contributed by atoms with Crippen molar-refractivity contribution in [1.82, 2.24) is 10.2 Å². The highest BCUT2D eigenvalue weighted by Gasteiger charge is 2.35. The standard InChI is InChI=1S/C14H14F4N2O2/c1-20-11(4-5-12(20)21)13(22)19-7-8-2-3-9(15)6-10(8)14(16,17)18/h2-3,6,11H,4-5,7H2,1H3,(H,19,22)/t11-/m1/s1. The Morgan fingerprint density at radius 2 is 2.09 bits per heavy atom. The smallest absolute Gasteiger partial charge is 0.350 e. The molecule has 0 unspecified atom stereocenters. The molecule has 22 heavy (non-hydrogen) atoms. The van der Waals surface area contributed by atoms with Crippen LogP contribution in [0.4, 0.5) is 17.6 Å². The molecule has 0 aromatic heterocycles. The Labute approximate surface area is 124 Å². The van der Waals surface area contributed by atoms with E-state index in [9.17, 15) is 27.2 Å². The first-order chi connectivity index (χ1) is 10.2. The second-order valence-electron chi connectivity index (χ2n) is 5.08. The van der Waals surface area contributed by atoms with Crippen LogP contribution in [0, 0.1) is 5.82 Å². The second-order valence-corrected chi connectivity index (χ2v) is 5.08. The molecule has 0 radical (unpaired) electrons. The summed E-state index contributed by atoms with van der Waals surface area (Å²) in [7, 11) is 1.47. The van der Waals surface area contributed by atoms with Gasteiger partial charge in [0, 0.05) is 20.0 Å². The van der Waals surface area contributed by atoms with Crippen LogP contribution in [-0.2, 0) is 22.3 Å². The molecule has 1 saturated heterocycles. The minimum atomic E-state index is -4.71. The highest BCUT2D eigenvalue weighted by atomic mass is 19.4. The van der Waals surface area contributed by atoms with Crippen LogP contribution in [0.25, 0.3) is 0 Å². The Bertz CT molecular complexity index is 601. The number of alkyl halides is 3. The van der Waals surface area contributed by atoms with Gasteiger partial charge in [0.1, 0.15) is 11.9 Å². The summed E-state index contributed by atoms with van der Waals surface area (Å²) in [5, 5.41) is 2.37. The summed E-state index contributed by atoms with van der Waals surface area (Å²) in [6.45, 7) is -0.382. The van der Waals surface area contributed by atoms with Gasteiger partial charge in [0.05, 0.1) is 5.56 Å². The number of likely N-dealkylation sites (tertiary alicyclic amines) is 1. The van der Waals surface area contributed by atoms with Crippen LogP contribution in [0.2, 0.25) is 0 Å². The van der Waals surface area contributed by atoms with Crippen LogP contribution in [-0.4, -0.2) is 29.8 Å². The Morgan fingerprint density at radius 1 is 1.41 bits per heavy atom. The number of hydrogen-bond donors (Lipinski definition) is 1. The number of halogens is 4. The fraction of sp³-hybridized carbons (Fsp3) is 0.429. The number of amides is 2. The molecule has 1 aliphatic heterocycles. The van der Waals surface area contributed by atoms with Gasteiger partial charge in [-0.05, 0) is 24.1 Å². The minimum Gasteiger partial charge on any atom is -0.350 e. The summed E-state index contributed by atoms with van der Waals surface area (Å²) in [4.78, 5) is 24.6. The average Bonchev–Trinajstić information content (AvgIpc) is 2.76. The molecule has 1 aromatic carbocycles. The van der Waals surface area contributed by atoms with E-state index in [4.69, 9.17) is 0 Å². The van der Waals surface area contributed by atoms with Gasteiger partial charge in [-0.15, -0.1) is 0 Å². The molecule has 2 amide bonds. The lowest BCUT2D eigenvalue weighted by molar-refractivity contribution is -0.138. The minimum absolute atomic E-state index is 0.182. The molecule has 8 heteroatoms. The van der Waals surface area contributed by atoms with Crippen molar-refractivity contribution in [3.8, 4) is 0 Å². The maximum atomic E-state index is 13.0. The number of nitrogens with one attached hydrogen (secondary N) is 1. The summed E-state index contributed by atoms with van der Waals surface area (Å²) in [5.41, 5.74) is -1.35. The molecule has 120 valence electrons. The van der Waals surface area contributed by atoms with Gasteiger partial charge in [0.15, 0.2) is 0 Å². The molecule has 1 N–H and O–H groups in total. The van der Waals surface area contributed by atoms with Crippen LogP contribution in [0.3, 0.4) is 0 Å². The molecular formula is C14H14F4N2O2. The second kappa shape index (κ2) is 5.94. The van der Waals surface area contributed by atoms with Crippen molar-refractivity contribution in [3.63, 3.8) is 0 Å². The molecule has 4 nitrogen and oxygen atoms in total. The number of benzene rings is 1. The normalized spacial score (nSPS) is 18.7. The van der Waals surface area contributed by atoms with Crippen LogP contribution in [0.5, 0.6) is 0 Å². The van der Waals surface area contributed by atoms with Crippen molar-refractivity contribution >= 4 is 11.8 Å². The fourth-order valence-corrected chi connectivity index (χ4v) is 2.38. The van der Waals surface area contributed by atoms with Gasteiger partial charge in [-0.25, -0.2) is 4.39 Å². The van der Waals surface area contributed by atoms with Crippen LogP contribution in [0.1, 0.15) is 24.0 Å². The monoisotopic (exact) mass is 318 g/mol. The maximum Gasteiger partial charge on any atom is 0.416 e. The highest BCUT2D eigenvalue weighted by molar-refractivity contribution is 5.90. The third-order valence-corrected chi connectivity index (χ3v) is 3.63. The van der Waals surface area contributed by atoms with Crippen LogP contribution >= 0.6 is 0 Å². The Hall–Kier alpha value is -2.12. The van der Waals surface area contributed by atoms with E-state index in [1.165, 1.54) is 11.9 Å². The lowest BCUT2D eigenvalue weighted by Crippen LogP contribution is -2.42. The summed E-state index contributed by atoms with van der Waals surface area (Å²) in [5.74, 6) is -1.70. The van der Waals surface area contributed by atoms with Gasteiger partial charge >= 0.3 is 6.18 Å². The molecule has 0 saturated carbocycles. The molecule has 0 bridgehead atoms. The topological polar surface area (TPSA) is 49.4 Å². The Kier molecular flexibility index (Phi) is 4.39. The fourth-order valence-electron chi connectivity index (χ4n) is 2.38. The van der Waals surface area contributed by atoms with E-state index in [-0.39, 0.29) is 24.4 Å². The van der Waals surface area contributed by atoms with Crippen molar-refractivity contribution < 1.29 is 27.2 Å². The van der Waals surface area contributed by atoms with E-state index in [1.54, 1.807) is 0 Å². The zero-order valence-electron chi connectivity index (χ0n) is 11.7. The van der Waals surface area contributed by atoms with Gasteiger partial charge in [0.25, 0.3) is 0 Å². The molecule has 1 fully saturated rings. The number of carbonyl (C=O) groups is 2. The molecule has 1 aromatic rings. The number of carbonyl (C=O) groups excluding carboxylic acids is 2. The first-order valence-electron chi connectivity index (χ1n) is 6.59. The van der Waals surface area contributed by atoms with E-state index in [0.29, 0.717) is 12.5 Å². The van der Waals surface area contributed by atoms with E-state index in [0.717, 1.165) is 12.1 Å². The first kappa shape index (κ1) is 16.3. The zero-order valence-corrected chi connectivity index (χ0v) is 11.7. The maximum absolute atomic E-state index is 13.0. The summed E-state index contributed by atoms with van der Waals surface area (Å²) in [6.07, 6.45) is -4.14.